The average Bonchev–Trinajstić information content (AvgIpc) is 2.65. The molecular formula is C19H27NO3. The third-order valence-corrected chi connectivity index (χ3v) is 4.87. The highest BCUT2D eigenvalue weighted by molar-refractivity contribution is 5.83. The number of ether oxygens (including phenoxy) is 2. The van der Waals surface area contributed by atoms with Gasteiger partial charge in [-0.3, -0.25) is 9.69 Å². The summed E-state index contributed by atoms with van der Waals surface area (Å²) in [5.74, 6) is -2.50. The van der Waals surface area contributed by atoms with Crippen LogP contribution in [-0.4, -0.2) is 38.0 Å². The van der Waals surface area contributed by atoms with Crippen molar-refractivity contribution in [3.63, 3.8) is 0 Å². The van der Waals surface area contributed by atoms with E-state index in [1.165, 1.54) is 0 Å². The van der Waals surface area contributed by atoms with E-state index in [0.717, 1.165) is 17.5 Å². The number of ketones is 1. The molecular weight excluding hydrogens is 290 g/mol. The van der Waals surface area contributed by atoms with Crippen molar-refractivity contribution in [2.75, 3.05) is 27.3 Å². The Morgan fingerprint density at radius 1 is 1.35 bits per heavy atom. The molecule has 1 fully saturated rings. The van der Waals surface area contributed by atoms with Crippen LogP contribution in [-0.2, 0) is 11.2 Å². The summed E-state index contributed by atoms with van der Waals surface area (Å²) in [7, 11) is 3.11. The Hall–Kier alpha value is -1.55. The van der Waals surface area contributed by atoms with Gasteiger partial charge >= 0.3 is 0 Å². The number of piperidine rings is 1. The van der Waals surface area contributed by atoms with Crippen LogP contribution < -0.4 is 9.47 Å². The number of fused-ring (bicyclic) bond motifs is 3. The predicted molar refractivity (Wildman–Crippen MR) is 90.1 cm³/mol. The van der Waals surface area contributed by atoms with Gasteiger partial charge in [-0.1, -0.05) is 13.7 Å². The maximum absolute atomic E-state index is 12.9. The highest BCUT2D eigenvalue weighted by Crippen LogP contribution is 2.42. The summed E-state index contributed by atoms with van der Waals surface area (Å²) in [6.07, 6.45) is 0.351. The summed E-state index contributed by atoms with van der Waals surface area (Å²) >= 11 is 0. The summed E-state index contributed by atoms with van der Waals surface area (Å²) < 4.78 is 64.8. The molecule has 0 aromatic heterocycles. The van der Waals surface area contributed by atoms with Gasteiger partial charge in [-0.25, -0.2) is 0 Å². The fraction of sp³-hybridized carbons (Fsp3) is 0.632. The van der Waals surface area contributed by atoms with E-state index in [0.29, 0.717) is 18.0 Å². The molecule has 2 heterocycles. The van der Waals surface area contributed by atoms with Crippen LogP contribution >= 0.6 is 0 Å². The maximum atomic E-state index is 12.9. The van der Waals surface area contributed by atoms with Crippen LogP contribution in [0.3, 0.4) is 0 Å². The topological polar surface area (TPSA) is 38.8 Å². The van der Waals surface area contributed by atoms with Gasteiger partial charge in [0.15, 0.2) is 11.5 Å². The number of carbonyl (C=O) groups excluding carboxylic acids is 1. The Morgan fingerprint density at radius 3 is 2.78 bits per heavy atom. The van der Waals surface area contributed by atoms with Gasteiger partial charge in [-0.05, 0) is 42.0 Å². The third-order valence-electron chi connectivity index (χ3n) is 4.87. The van der Waals surface area contributed by atoms with Crippen LogP contribution in [0.2, 0.25) is 0 Å². The van der Waals surface area contributed by atoms with Crippen LogP contribution in [0.5, 0.6) is 11.5 Å². The first-order valence-electron chi connectivity index (χ1n) is 11.3. The van der Waals surface area contributed by atoms with Gasteiger partial charge in [0.2, 0.25) is 0 Å². The fourth-order valence-electron chi connectivity index (χ4n) is 3.70. The number of carbonyl (C=O) groups is 1. The normalized spacial score (nSPS) is 30.3. The number of Topliss-reactive ketones (excluding diaryl/α,β-unsaturated/α-hetero) is 1. The van der Waals surface area contributed by atoms with Crippen molar-refractivity contribution in [3.05, 3.63) is 23.3 Å². The number of nitrogens with zero attached hydrogens (tertiary/aromatic N) is 1. The molecule has 2 aliphatic heterocycles. The van der Waals surface area contributed by atoms with Crippen molar-refractivity contribution in [2.45, 2.75) is 39.0 Å². The zero-order chi connectivity index (χ0) is 22.5. The van der Waals surface area contributed by atoms with E-state index in [2.05, 4.69) is 4.90 Å². The lowest BCUT2D eigenvalue weighted by atomic mass is 9.80. The maximum Gasteiger partial charge on any atom is 0.161 e. The summed E-state index contributed by atoms with van der Waals surface area (Å²) in [6.45, 7) is -5.14. The van der Waals surface area contributed by atoms with E-state index >= 15 is 0 Å². The lowest BCUT2D eigenvalue weighted by molar-refractivity contribution is -0.129. The summed E-state index contributed by atoms with van der Waals surface area (Å²) in [5.41, 5.74) is 2.04. The van der Waals surface area contributed by atoms with Gasteiger partial charge in [0.05, 0.1) is 14.2 Å². The lowest BCUT2D eigenvalue weighted by Gasteiger charge is -2.43. The number of hydrogen-bond donors (Lipinski definition) is 0. The molecule has 0 N–H and O–H groups in total. The molecule has 4 heteroatoms. The number of rotatable bonds is 4. The van der Waals surface area contributed by atoms with Crippen LogP contribution in [0.15, 0.2) is 12.1 Å². The van der Waals surface area contributed by atoms with Gasteiger partial charge in [0.25, 0.3) is 0 Å². The fourth-order valence-corrected chi connectivity index (χ4v) is 3.70. The van der Waals surface area contributed by atoms with Gasteiger partial charge in [0, 0.05) is 41.1 Å². The van der Waals surface area contributed by atoms with Crippen molar-refractivity contribution >= 4 is 5.78 Å². The standard InChI is InChI=1S/C19H27NO3/c1-12(2)7-14-11-20-6-5-13-8-18(22-3)19(23-4)9-15(13)16(20)10-17(14)21/h8-9,12,14,16H,5-7,10-11H2,1-4H3/t14-,16-/m1/s1/i1D3,2D3,12D. The first-order chi connectivity index (χ1) is 13.8. The van der Waals surface area contributed by atoms with Gasteiger partial charge < -0.3 is 9.47 Å². The second kappa shape index (κ2) is 6.52. The van der Waals surface area contributed by atoms with Crippen molar-refractivity contribution in [2.24, 2.45) is 11.8 Å². The van der Waals surface area contributed by atoms with Crippen LogP contribution in [0.1, 0.15) is 53.3 Å². The van der Waals surface area contributed by atoms with E-state index in [4.69, 9.17) is 19.1 Å². The van der Waals surface area contributed by atoms with Crippen molar-refractivity contribution < 1.29 is 23.9 Å². The largest absolute Gasteiger partial charge is 0.493 e. The number of benzene rings is 1. The zero-order valence-corrected chi connectivity index (χ0v) is 13.5. The average molecular weight is 324 g/mol. The molecule has 0 spiro atoms. The number of hydrogen-bond acceptors (Lipinski definition) is 4. The molecule has 4 nitrogen and oxygen atoms in total. The monoisotopic (exact) mass is 324 g/mol. The molecule has 1 aromatic rings. The first kappa shape index (κ1) is 9.67. The smallest absolute Gasteiger partial charge is 0.161 e. The predicted octanol–water partition coefficient (Wildman–Crippen LogP) is 3.24. The Bertz CT molecular complexity index is 808. The summed E-state index contributed by atoms with van der Waals surface area (Å²) in [4.78, 5) is 15.0. The molecule has 0 radical (unpaired) electrons. The Labute approximate surface area is 148 Å². The van der Waals surface area contributed by atoms with E-state index in [1.54, 1.807) is 14.2 Å². The van der Waals surface area contributed by atoms with E-state index in [1.807, 2.05) is 12.1 Å². The second-order valence-electron chi connectivity index (χ2n) is 6.22. The minimum atomic E-state index is -3.02. The Morgan fingerprint density at radius 2 is 2.09 bits per heavy atom. The summed E-state index contributed by atoms with van der Waals surface area (Å²) in [6, 6.07) is 3.61. The highest BCUT2D eigenvalue weighted by Gasteiger charge is 2.38. The van der Waals surface area contributed by atoms with Crippen LogP contribution in [0, 0.1) is 11.8 Å². The molecule has 0 amide bonds. The minimum absolute atomic E-state index is 0.144. The minimum Gasteiger partial charge on any atom is -0.493 e. The van der Waals surface area contributed by atoms with Crippen molar-refractivity contribution in [3.8, 4) is 11.5 Å². The SMILES string of the molecule is [2H]C([2H])([2H])C([2H])(C[C@@H]1CN2CCc3cc(OC)c(OC)cc3[C@H]2CC1=O)C([2H])([2H])[2H]. The van der Waals surface area contributed by atoms with E-state index in [9.17, 15) is 4.79 Å². The molecule has 0 unspecified atom stereocenters. The zero-order valence-electron chi connectivity index (χ0n) is 20.5. The van der Waals surface area contributed by atoms with Crippen molar-refractivity contribution in [1.82, 2.24) is 4.90 Å². The van der Waals surface area contributed by atoms with Gasteiger partial charge in [0.1, 0.15) is 5.78 Å². The molecule has 1 saturated heterocycles. The quantitative estimate of drug-likeness (QED) is 0.852. The molecule has 2 aliphatic rings. The van der Waals surface area contributed by atoms with Crippen LogP contribution in [0.25, 0.3) is 0 Å². The number of methoxy groups -OCH3 is 2. The van der Waals surface area contributed by atoms with E-state index < -0.39 is 31.9 Å². The highest BCUT2D eigenvalue weighted by atomic mass is 16.5. The molecule has 0 bridgehead atoms. The molecule has 0 saturated carbocycles. The molecule has 0 aliphatic carbocycles. The Balaban J connectivity index is 1.87. The lowest BCUT2D eigenvalue weighted by Crippen LogP contribution is -2.46. The molecule has 23 heavy (non-hydrogen) atoms. The first-order valence-corrected chi connectivity index (χ1v) is 7.84. The summed E-state index contributed by atoms with van der Waals surface area (Å²) in [5, 5.41) is 0. The Kier molecular flexibility index (Phi) is 2.74. The third kappa shape index (κ3) is 3.09. The molecule has 126 valence electrons. The molecule has 3 rings (SSSR count). The van der Waals surface area contributed by atoms with Gasteiger partial charge in [-0.2, -0.15) is 0 Å². The van der Waals surface area contributed by atoms with Crippen LogP contribution in [0.4, 0.5) is 0 Å². The van der Waals surface area contributed by atoms with Crippen molar-refractivity contribution in [1.29, 1.82) is 0 Å². The molecule has 1 aromatic carbocycles. The van der Waals surface area contributed by atoms with E-state index in [-0.39, 0.29) is 24.8 Å². The second-order valence-corrected chi connectivity index (χ2v) is 6.22. The molecule has 2 atom stereocenters. The van der Waals surface area contributed by atoms with Gasteiger partial charge in [-0.15, -0.1) is 0 Å².